The number of ether oxygens (including phenoxy) is 1. The number of aryl methyl sites for hydroxylation is 2. The molecule has 170 valence electrons. The van der Waals surface area contributed by atoms with Gasteiger partial charge < -0.3 is 14.6 Å². The van der Waals surface area contributed by atoms with Crippen LogP contribution >= 0.6 is 27.7 Å². The smallest absolute Gasteiger partial charge is 0.234 e. The highest BCUT2D eigenvalue weighted by atomic mass is 79.9. The molecule has 32 heavy (non-hydrogen) atoms. The normalized spacial score (nSPS) is 11.1. The second-order valence-corrected chi connectivity index (χ2v) is 9.71. The fourth-order valence-corrected chi connectivity index (χ4v) is 4.52. The maximum Gasteiger partial charge on any atom is 0.234 e. The molecule has 6 nitrogen and oxygen atoms in total. The van der Waals surface area contributed by atoms with Gasteiger partial charge in [0.25, 0.3) is 0 Å². The van der Waals surface area contributed by atoms with E-state index in [2.05, 4.69) is 57.4 Å². The fraction of sp³-hybridized carbons (Fsp3) is 0.375. The Bertz CT molecular complexity index is 1080. The number of benzene rings is 2. The summed E-state index contributed by atoms with van der Waals surface area (Å²) in [6, 6.07) is 12.1. The molecule has 0 saturated heterocycles. The van der Waals surface area contributed by atoms with Crippen molar-refractivity contribution in [3.05, 3.63) is 63.4 Å². The first-order chi connectivity index (χ1) is 15.3. The van der Waals surface area contributed by atoms with E-state index in [0.717, 1.165) is 27.3 Å². The molecular weight excluding hydrogens is 488 g/mol. The second kappa shape index (κ2) is 11.0. The van der Waals surface area contributed by atoms with Gasteiger partial charge in [-0.25, -0.2) is 0 Å². The van der Waals surface area contributed by atoms with E-state index in [1.807, 2.05) is 49.6 Å². The Labute approximate surface area is 202 Å². The molecule has 1 heterocycles. The SMILES string of the molecule is CCn1c(COc2ccc(C(C)C)cc2)nnc1SCC(=O)Nc1cc(C)c(C)cc1Br. The van der Waals surface area contributed by atoms with E-state index in [1.165, 1.54) is 22.9 Å². The highest BCUT2D eigenvalue weighted by Gasteiger charge is 2.15. The van der Waals surface area contributed by atoms with Crippen LogP contribution in [0.5, 0.6) is 5.75 Å². The topological polar surface area (TPSA) is 69.0 Å². The zero-order valence-corrected chi connectivity index (χ0v) is 21.5. The number of thioether (sulfide) groups is 1. The Balaban J connectivity index is 1.58. The lowest BCUT2D eigenvalue weighted by molar-refractivity contribution is -0.113. The number of halogens is 1. The minimum Gasteiger partial charge on any atom is -0.486 e. The molecule has 3 rings (SSSR count). The zero-order valence-electron chi connectivity index (χ0n) is 19.1. The second-order valence-electron chi connectivity index (χ2n) is 7.91. The number of nitrogens with one attached hydrogen (secondary N) is 1. The molecule has 0 radical (unpaired) electrons. The molecule has 0 atom stereocenters. The summed E-state index contributed by atoms with van der Waals surface area (Å²) in [4.78, 5) is 12.5. The standard InChI is InChI=1S/C24H29BrN4O2S/c1-6-29-22(13-31-19-9-7-18(8-10-19)15(2)3)27-28-24(29)32-14-23(30)26-21-12-17(5)16(4)11-20(21)25/h7-12,15H,6,13-14H2,1-5H3,(H,26,30). The van der Waals surface area contributed by atoms with Gasteiger partial charge >= 0.3 is 0 Å². The van der Waals surface area contributed by atoms with Crippen LogP contribution in [0.2, 0.25) is 0 Å². The van der Waals surface area contributed by atoms with E-state index in [4.69, 9.17) is 4.74 Å². The highest BCUT2D eigenvalue weighted by Crippen LogP contribution is 2.27. The van der Waals surface area contributed by atoms with Crippen LogP contribution in [0.25, 0.3) is 0 Å². The van der Waals surface area contributed by atoms with Gasteiger partial charge in [0.1, 0.15) is 12.4 Å². The van der Waals surface area contributed by atoms with Crippen molar-refractivity contribution in [1.29, 1.82) is 0 Å². The van der Waals surface area contributed by atoms with E-state index >= 15 is 0 Å². The molecular formula is C24H29BrN4O2S. The van der Waals surface area contributed by atoms with Crippen LogP contribution in [-0.2, 0) is 17.9 Å². The van der Waals surface area contributed by atoms with Gasteiger partial charge in [0.2, 0.25) is 5.91 Å². The average Bonchev–Trinajstić information content (AvgIpc) is 3.16. The van der Waals surface area contributed by atoms with E-state index in [0.29, 0.717) is 24.2 Å². The Morgan fingerprint density at radius 1 is 1.16 bits per heavy atom. The molecule has 0 aliphatic carbocycles. The molecule has 1 aromatic heterocycles. The van der Waals surface area contributed by atoms with Gasteiger partial charge in [0, 0.05) is 11.0 Å². The summed E-state index contributed by atoms with van der Waals surface area (Å²) < 4.78 is 8.75. The fourth-order valence-electron chi connectivity index (χ4n) is 3.14. The van der Waals surface area contributed by atoms with Crippen LogP contribution in [0.1, 0.15) is 49.2 Å². The lowest BCUT2D eigenvalue weighted by Crippen LogP contribution is -2.15. The molecule has 1 N–H and O–H groups in total. The number of anilines is 1. The summed E-state index contributed by atoms with van der Waals surface area (Å²) >= 11 is 4.88. The number of amides is 1. The van der Waals surface area contributed by atoms with Crippen LogP contribution in [-0.4, -0.2) is 26.4 Å². The predicted molar refractivity (Wildman–Crippen MR) is 134 cm³/mol. The summed E-state index contributed by atoms with van der Waals surface area (Å²) in [7, 11) is 0. The Morgan fingerprint density at radius 2 is 1.84 bits per heavy atom. The first-order valence-corrected chi connectivity index (χ1v) is 12.4. The van der Waals surface area contributed by atoms with Crippen LogP contribution in [0.3, 0.4) is 0 Å². The van der Waals surface area contributed by atoms with Gasteiger partial charge in [0.05, 0.1) is 11.4 Å². The molecule has 0 bridgehead atoms. The minimum atomic E-state index is -0.0901. The Hall–Kier alpha value is -2.32. The molecule has 0 aliphatic rings. The van der Waals surface area contributed by atoms with Crippen molar-refractivity contribution >= 4 is 39.3 Å². The average molecular weight is 517 g/mol. The quantitative estimate of drug-likeness (QED) is 0.347. The van der Waals surface area contributed by atoms with Gasteiger partial charge in [0.15, 0.2) is 11.0 Å². The summed E-state index contributed by atoms with van der Waals surface area (Å²) in [5, 5.41) is 12.2. The van der Waals surface area contributed by atoms with Gasteiger partial charge in [-0.05, 0) is 83.6 Å². The maximum absolute atomic E-state index is 12.5. The molecule has 8 heteroatoms. The number of rotatable bonds is 9. The first kappa shape index (κ1) is 24.3. The number of aromatic nitrogens is 3. The van der Waals surface area contributed by atoms with Gasteiger partial charge in [-0.15, -0.1) is 10.2 Å². The molecule has 0 spiro atoms. The van der Waals surface area contributed by atoms with Crippen molar-refractivity contribution in [2.75, 3.05) is 11.1 Å². The molecule has 0 saturated carbocycles. The number of hydrogen-bond donors (Lipinski definition) is 1. The highest BCUT2D eigenvalue weighted by molar-refractivity contribution is 9.10. The van der Waals surface area contributed by atoms with Crippen LogP contribution in [0.15, 0.2) is 46.0 Å². The van der Waals surface area contributed by atoms with Crippen molar-refractivity contribution in [3.63, 3.8) is 0 Å². The predicted octanol–water partition coefficient (Wildman–Crippen LogP) is 6.11. The first-order valence-electron chi connectivity index (χ1n) is 10.6. The lowest BCUT2D eigenvalue weighted by Gasteiger charge is -2.11. The van der Waals surface area contributed by atoms with Crippen molar-refractivity contribution in [2.24, 2.45) is 0 Å². The number of carbonyl (C=O) groups excluding carboxylic acids is 1. The van der Waals surface area contributed by atoms with E-state index < -0.39 is 0 Å². The third kappa shape index (κ3) is 6.13. The summed E-state index contributed by atoms with van der Waals surface area (Å²) in [6.07, 6.45) is 0. The zero-order chi connectivity index (χ0) is 23.3. The van der Waals surface area contributed by atoms with E-state index in [9.17, 15) is 4.79 Å². The van der Waals surface area contributed by atoms with Crippen LogP contribution < -0.4 is 10.1 Å². The van der Waals surface area contributed by atoms with Crippen molar-refractivity contribution in [3.8, 4) is 5.75 Å². The van der Waals surface area contributed by atoms with Crippen molar-refractivity contribution < 1.29 is 9.53 Å². The summed E-state index contributed by atoms with van der Waals surface area (Å²) in [5.74, 6) is 2.18. The number of carbonyl (C=O) groups is 1. The number of nitrogens with zero attached hydrogens (tertiary/aromatic N) is 3. The minimum absolute atomic E-state index is 0.0901. The van der Waals surface area contributed by atoms with Gasteiger partial charge in [-0.3, -0.25) is 4.79 Å². The lowest BCUT2D eigenvalue weighted by atomic mass is 10.0. The molecule has 1 amide bonds. The third-order valence-corrected chi connectivity index (χ3v) is 6.84. The molecule has 3 aromatic rings. The molecule has 2 aromatic carbocycles. The van der Waals surface area contributed by atoms with Gasteiger partial charge in [-0.1, -0.05) is 37.7 Å². The molecule has 0 aliphatic heterocycles. The summed E-state index contributed by atoms with van der Waals surface area (Å²) in [5.41, 5.74) is 4.35. The van der Waals surface area contributed by atoms with Crippen molar-refractivity contribution in [1.82, 2.24) is 14.8 Å². The van der Waals surface area contributed by atoms with E-state index in [1.54, 1.807) is 0 Å². The summed E-state index contributed by atoms with van der Waals surface area (Å²) in [6.45, 7) is 11.5. The van der Waals surface area contributed by atoms with Crippen LogP contribution in [0.4, 0.5) is 5.69 Å². The van der Waals surface area contributed by atoms with E-state index in [-0.39, 0.29) is 11.7 Å². The largest absolute Gasteiger partial charge is 0.486 e. The number of hydrogen-bond acceptors (Lipinski definition) is 5. The monoisotopic (exact) mass is 516 g/mol. The van der Waals surface area contributed by atoms with Crippen LogP contribution in [0, 0.1) is 13.8 Å². The Kier molecular flexibility index (Phi) is 8.37. The van der Waals surface area contributed by atoms with Crippen molar-refractivity contribution in [2.45, 2.75) is 58.8 Å². The third-order valence-electron chi connectivity index (χ3n) is 5.21. The molecule has 0 fully saturated rings. The molecule has 0 unspecified atom stereocenters. The maximum atomic E-state index is 12.5. The Morgan fingerprint density at radius 3 is 2.50 bits per heavy atom. The van der Waals surface area contributed by atoms with Gasteiger partial charge in [-0.2, -0.15) is 0 Å².